The normalized spacial score (nSPS) is 10.7. The van der Waals surface area contributed by atoms with E-state index < -0.39 is 0 Å². The number of aryl methyl sites for hydroxylation is 1. The van der Waals surface area contributed by atoms with Crippen molar-refractivity contribution < 1.29 is 9.59 Å². The largest absolute Gasteiger partial charge is 0.326 e. The second-order valence-corrected chi connectivity index (χ2v) is 9.83. The summed E-state index contributed by atoms with van der Waals surface area (Å²) in [5.74, 6) is 0.408. The van der Waals surface area contributed by atoms with Gasteiger partial charge in [0.05, 0.1) is 22.0 Å². The van der Waals surface area contributed by atoms with E-state index in [9.17, 15) is 9.59 Å². The molecule has 32 heavy (non-hydrogen) atoms. The summed E-state index contributed by atoms with van der Waals surface area (Å²) in [5, 5.41) is 11.2. The first kappa shape index (κ1) is 22.2. The summed E-state index contributed by atoms with van der Waals surface area (Å²) >= 11 is 4.60. The van der Waals surface area contributed by atoms with Gasteiger partial charge in [-0.3, -0.25) is 14.9 Å². The summed E-state index contributed by atoms with van der Waals surface area (Å²) in [7, 11) is 0. The first-order valence-corrected chi connectivity index (χ1v) is 12.5. The number of hydrogen-bond acceptors (Lipinski definition) is 7. The quantitative estimate of drug-likeness (QED) is 0.313. The molecule has 162 valence electrons. The minimum Gasteiger partial charge on any atom is -0.326 e. The van der Waals surface area contributed by atoms with Crippen LogP contribution in [0.2, 0.25) is 0 Å². The van der Waals surface area contributed by atoms with Crippen molar-refractivity contribution in [1.29, 1.82) is 0 Å². The van der Waals surface area contributed by atoms with Gasteiger partial charge in [0.2, 0.25) is 5.91 Å². The Morgan fingerprint density at radius 1 is 0.969 bits per heavy atom. The molecule has 0 unspecified atom stereocenters. The van der Waals surface area contributed by atoms with Gasteiger partial charge in [-0.15, -0.1) is 34.4 Å². The molecule has 2 aromatic heterocycles. The van der Waals surface area contributed by atoms with Crippen LogP contribution >= 0.6 is 34.4 Å². The molecule has 2 N–H and O–H groups in total. The number of hydrogen-bond donors (Lipinski definition) is 2. The smallest absolute Gasteiger partial charge is 0.258 e. The molecule has 0 saturated heterocycles. The molecule has 0 bridgehead atoms. The van der Waals surface area contributed by atoms with E-state index in [0.29, 0.717) is 16.4 Å². The van der Waals surface area contributed by atoms with E-state index in [2.05, 4.69) is 20.6 Å². The topological polar surface area (TPSA) is 84.0 Å². The Bertz CT molecular complexity index is 1250. The highest BCUT2D eigenvalue weighted by Crippen LogP contribution is 2.29. The van der Waals surface area contributed by atoms with Crippen LogP contribution in [0.4, 0.5) is 10.8 Å². The van der Waals surface area contributed by atoms with E-state index in [1.807, 2.05) is 66.2 Å². The first-order chi connectivity index (χ1) is 15.5. The average Bonchev–Trinajstić information content (AvgIpc) is 3.41. The maximum atomic E-state index is 12.9. The number of amides is 2. The molecule has 0 aliphatic rings. The molecular weight excluding hydrogens is 460 g/mol. The van der Waals surface area contributed by atoms with Crippen LogP contribution in [0, 0.1) is 6.92 Å². The van der Waals surface area contributed by atoms with Crippen molar-refractivity contribution in [2.24, 2.45) is 0 Å². The van der Waals surface area contributed by atoms with E-state index >= 15 is 0 Å². The highest BCUT2D eigenvalue weighted by atomic mass is 32.2. The van der Waals surface area contributed by atoms with Gasteiger partial charge in [0.15, 0.2) is 5.13 Å². The van der Waals surface area contributed by atoms with Crippen LogP contribution in [0.25, 0.3) is 11.3 Å². The number of rotatable bonds is 7. The van der Waals surface area contributed by atoms with E-state index in [1.54, 1.807) is 23.1 Å². The summed E-state index contributed by atoms with van der Waals surface area (Å²) in [6.45, 7) is 3.46. The molecule has 0 saturated carbocycles. The highest BCUT2D eigenvalue weighted by molar-refractivity contribution is 7.98. The number of thioether (sulfide) groups is 1. The zero-order valence-corrected chi connectivity index (χ0v) is 19.9. The number of nitrogens with zero attached hydrogens (tertiary/aromatic N) is 2. The lowest BCUT2D eigenvalue weighted by Crippen LogP contribution is -2.12. The third-order valence-corrected chi connectivity index (χ3v) is 7.09. The van der Waals surface area contributed by atoms with Gasteiger partial charge in [0, 0.05) is 39.6 Å². The van der Waals surface area contributed by atoms with Crippen molar-refractivity contribution in [3.63, 3.8) is 0 Å². The van der Waals surface area contributed by atoms with E-state index in [-0.39, 0.29) is 11.8 Å². The van der Waals surface area contributed by atoms with Gasteiger partial charge in [0.25, 0.3) is 5.91 Å². The Labute approximate surface area is 198 Å². The maximum absolute atomic E-state index is 12.9. The number of nitrogens with one attached hydrogen (secondary N) is 2. The van der Waals surface area contributed by atoms with Crippen molar-refractivity contribution in [2.45, 2.75) is 24.5 Å². The maximum Gasteiger partial charge on any atom is 0.258 e. The summed E-state index contributed by atoms with van der Waals surface area (Å²) in [6, 6.07) is 15.0. The Morgan fingerprint density at radius 3 is 2.47 bits per heavy atom. The van der Waals surface area contributed by atoms with Crippen LogP contribution in [-0.2, 0) is 10.5 Å². The van der Waals surface area contributed by atoms with Crippen molar-refractivity contribution in [2.75, 3.05) is 10.6 Å². The first-order valence-electron chi connectivity index (χ1n) is 9.75. The second-order valence-electron chi connectivity index (χ2n) is 6.89. The average molecular weight is 481 g/mol. The number of benzene rings is 2. The Kier molecular flexibility index (Phi) is 6.99. The number of anilines is 2. The highest BCUT2D eigenvalue weighted by Gasteiger charge is 2.14. The van der Waals surface area contributed by atoms with Gasteiger partial charge in [0.1, 0.15) is 0 Å². The molecule has 6 nitrogen and oxygen atoms in total. The molecule has 0 spiro atoms. The lowest BCUT2D eigenvalue weighted by atomic mass is 10.1. The summed E-state index contributed by atoms with van der Waals surface area (Å²) in [5.41, 5.74) is 4.03. The molecule has 2 aromatic carbocycles. The van der Waals surface area contributed by atoms with Gasteiger partial charge >= 0.3 is 0 Å². The fourth-order valence-electron chi connectivity index (χ4n) is 2.96. The lowest BCUT2D eigenvalue weighted by molar-refractivity contribution is -0.114. The number of aromatic nitrogens is 2. The molecule has 4 rings (SSSR count). The van der Waals surface area contributed by atoms with Crippen LogP contribution in [0.15, 0.2) is 64.2 Å². The lowest BCUT2D eigenvalue weighted by Gasteiger charge is -2.08. The SMILES string of the molecule is CC(=O)Nc1ccc(-c2csc(NC(=O)c3ccccc3SCc3csc(C)n3)n2)cc1. The Hall–Kier alpha value is -3.01. The molecule has 2 heterocycles. The predicted molar refractivity (Wildman–Crippen MR) is 133 cm³/mol. The second kappa shape index (κ2) is 10.1. The molecular formula is C23H20N4O2S3. The molecule has 9 heteroatoms. The third kappa shape index (κ3) is 5.61. The van der Waals surface area contributed by atoms with Crippen LogP contribution < -0.4 is 10.6 Å². The molecule has 0 fully saturated rings. The fourth-order valence-corrected chi connectivity index (χ4v) is 5.34. The summed E-state index contributed by atoms with van der Waals surface area (Å²) in [4.78, 5) is 34.0. The van der Waals surface area contributed by atoms with Crippen molar-refractivity contribution in [1.82, 2.24) is 9.97 Å². The Balaban J connectivity index is 1.43. The van der Waals surface area contributed by atoms with Crippen LogP contribution in [0.5, 0.6) is 0 Å². The van der Waals surface area contributed by atoms with E-state index in [4.69, 9.17) is 0 Å². The van der Waals surface area contributed by atoms with Gasteiger partial charge < -0.3 is 5.32 Å². The number of carbonyl (C=O) groups excluding carboxylic acids is 2. The summed E-state index contributed by atoms with van der Waals surface area (Å²) < 4.78 is 0. The molecule has 2 amide bonds. The molecule has 4 aromatic rings. The minimum atomic E-state index is -0.190. The molecule has 0 atom stereocenters. The predicted octanol–water partition coefficient (Wildman–Crippen LogP) is 6.08. The molecule has 0 radical (unpaired) electrons. The third-order valence-electron chi connectivity index (χ3n) is 4.40. The van der Waals surface area contributed by atoms with Gasteiger partial charge in [-0.2, -0.15) is 0 Å². The van der Waals surface area contributed by atoms with Crippen molar-refractivity contribution in [3.05, 3.63) is 75.6 Å². The van der Waals surface area contributed by atoms with Crippen LogP contribution in [-0.4, -0.2) is 21.8 Å². The fraction of sp³-hybridized carbons (Fsp3) is 0.130. The van der Waals surface area contributed by atoms with Gasteiger partial charge in [-0.1, -0.05) is 24.3 Å². The zero-order valence-electron chi connectivity index (χ0n) is 17.4. The van der Waals surface area contributed by atoms with E-state index in [1.165, 1.54) is 18.3 Å². The number of thiazole rings is 2. The molecule has 0 aliphatic carbocycles. The van der Waals surface area contributed by atoms with E-state index in [0.717, 1.165) is 32.5 Å². The Morgan fingerprint density at radius 2 is 1.75 bits per heavy atom. The zero-order chi connectivity index (χ0) is 22.5. The molecule has 0 aliphatic heterocycles. The van der Waals surface area contributed by atoms with Gasteiger partial charge in [-0.25, -0.2) is 9.97 Å². The number of carbonyl (C=O) groups is 2. The summed E-state index contributed by atoms with van der Waals surface area (Å²) in [6.07, 6.45) is 0. The monoisotopic (exact) mass is 480 g/mol. The van der Waals surface area contributed by atoms with Crippen LogP contribution in [0.1, 0.15) is 28.0 Å². The minimum absolute atomic E-state index is 0.114. The van der Waals surface area contributed by atoms with Crippen molar-refractivity contribution in [3.8, 4) is 11.3 Å². The standard InChI is InChI=1S/C23H20N4O2S3/c1-14(28)24-17-9-7-16(8-10-17)20-13-32-23(26-20)27-22(29)19-5-3-4-6-21(19)31-12-18-11-30-15(2)25-18/h3-11,13H,12H2,1-2H3,(H,24,28)(H,26,27,29). The van der Waals surface area contributed by atoms with Gasteiger partial charge in [-0.05, 0) is 31.2 Å². The van der Waals surface area contributed by atoms with Crippen molar-refractivity contribution >= 4 is 57.1 Å². The van der Waals surface area contributed by atoms with Crippen LogP contribution in [0.3, 0.4) is 0 Å².